The van der Waals surface area contributed by atoms with E-state index in [1.54, 1.807) is 0 Å². The summed E-state index contributed by atoms with van der Waals surface area (Å²) in [6, 6.07) is 0.169. The van der Waals surface area contributed by atoms with Crippen molar-refractivity contribution in [1.82, 2.24) is 0 Å². The highest BCUT2D eigenvalue weighted by atomic mass is 28.2. The van der Waals surface area contributed by atoms with E-state index in [1.165, 1.54) is 0 Å². The van der Waals surface area contributed by atoms with Crippen LogP contribution in [0, 0.1) is 11.3 Å². The van der Waals surface area contributed by atoms with Crippen molar-refractivity contribution in [3.05, 3.63) is 0 Å². The molecule has 0 aliphatic carbocycles. The van der Waals surface area contributed by atoms with E-state index in [0.29, 0.717) is 12.5 Å². The molecule has 0 unspecified atom stereocenters. The molecule has 0 heterocycles. The number of alkyl halides is 2. The molecule has 0 aromatic rings. The van der Waals surface area contributed by atoms with Crippen LogP contribution in [-0.4, -0.2) is 15.6 Å². The van der Waals surface area contributed by atoms with Crippen LogP contribution in [0.4, 0.5) is 8.78 Å². The second-order valence-corrected chi connectivity index (χ2v) is 3.34. The SMILES string of the molecule is N#CCC[SiH2]C(F)F. The van der Waals surface area contributed by atoms with Crippen LogP contribution in [0.25, 0.3) is 0 Å². The van der Waals surface area contributed by atoms with Gasteiger partial charge in [0.2, 0.25) is 6.05 Å². The first-order valence-corrected chi connectivity index (χ1v) is 4.24. The zero-order valence-electron chi connectivity index (χ0n) is 4.40. The normalized spacial score (nSPS) is 10.8. The van der Waals surface area contributed by atoms with Gasteiger partial charge in [0.25, 0.3) is 0 Å². The number of hydrogen-bond acceptors (Lipinski definition) is 1. The molecule has 0 atom stereocenters. The number of nitriles is 1. The fourth-order valence-corrected chi connectivity index (χ4v) is 1.01. The van der Waals surface area contributed by atoms with E-state index < -0.39 is 15.6 Å². The lowest BCUT2D eigenvalue weighted by molar-refractivity contribution is 0.237. The van der Waals surface area contributed by atoms with Crippen molar-refractivity contribution in [2.45, 2.75) is 18.5 Å². The summed E-state index contributed by atoms with van der Waals surface area (Å²) in [6.45, 7) is 0. The second kappa shape index (κ2) is 4.72. The van der Waals surface area contributed by atoms with Crippen LogP contribution >= 0.6 is 0 Å². The molecule has 46 valence electrons. The molecule has 0 saturated carbocycles. The minimum absolute atomic E-state index is 0.302. The topological polar surface area (TPSA) is 23.8 Å². The summed E-state index contributed by atoms with van der Waals surface area (Å²) >= 11 is 0. The van der Waals surface area contributed by atoms with Gasteiger partial charge in [-0.3, -0.25) is 0 Å². The highest BCUT2D eigenvalue weighted by molar-refractivity contribution is 6.36. The molecule has 0 saturated heterocycles. The largest absolute Gasteiger partial charge is 0.216 e. The molecule has 4 heteroatoms. The number of hydrogen-bond donors (Lipinski definition) is 0. The fraction of sp³-hybridized carbons (Fsp3) is 0.750. The van der Waals surface area contributed by atoms with Crippen molar-refractivity contribution in [3.63, 3.8) is 0 Å². The quantitative estimate of drug-likeness (QED) is 0.413. The highest BCUT2D eigenvalue weighted by Gasteiger charge is 2.00. The molecule has 0 rings (SSSR count). The summed E-state index contributed by atoms with van der Waals surface area (Å²) in [4.78, 5) is 0. The van der Waals surface area contributed by atoms with Gasteiger partial charge in [-0.1, -0.05) is 0 Å². The Labute approximate surface area is 49.1 Å². The Hall–Kier alpha value is -0.433. The van der Waals surface area contributed by atoms with Crippen molar-refractivity contribution in [3.8, 4) is 6.07 Å². The monoisotopic (exact) mass is 135 g/mol. The zero-order chi connectivity index (χ0) is 6.41. The Morgan fingerprint density at radius 2 is 2.25 bits per heavy atom. The zero-order valence-corrected chi connectivity index (χ0v) is 5.82. The summed E-state index contributed by atoms with van der Waals surface area (Å²) in [5.74, 6) is 0. The molecule has 0 radical (unpaired) electrons. The van der Waals surface area contributed by atoms with Gasteiger partial charge in [-0.05, 0) is 6.04 Å². The van der Waals surface area contributed by atoms with E-state index in [1.807, 2.05) is 6.07 Å². The molecule has 0 aromatic heterocycles. The highest BCUT2D eigenvalue weighted by Crippen LogP contribution is 1.94. The Morgan fingerprint density at radius 3 is 2.62 bits per heavy atom. The van der Waals surface area contributed by atoms with Crippen LogP contribution in [0.15, 0.2) is 0 Å². The minimum Gasteiger partial charge on any atom is -0.216 e. The lowest BCUT2D eigenvalue weighted by Gasteiger charge is -1.89. The fourth-order valence-electron chi connectivity index (χ4n) is 0.335. The minimum atomic E-state index is -2.11. The summed E-state index contributed by atoms with van der Waals surface area (Å²) in [6.07, 6.45) is 0.302. The summed E-state index contributed by atoms with van der Waals surface area (Å²) in [5.41, 5.74) is 0. The third-order valence-electron chi connectivity index (χ3n) is 0.711. The average Bonchev–Trinajstić information content (AvgIpc) is 1.66. The molecular weight excluding hydrogens is 128 g/mol. The van der Waals surface area contributed by atoms with Crippen LogP contribution in [-0.2, 0) is 0 Å². The second-order valence-electron chi connectivity index (χ2n) is 1.44. The van der Waals surface area contributed by atoms with Crippen molar-refractivity contribution < 1.29 is 8.78 Å². The molecule has 8 heavy (non-hydrogen) atoms. The molecule has 0 aliphatic rings. The van der Waals surface area contributed by atoms with Crippen LogP contribution in [0.1, 0.15) is 6.42 Å². The Bertz CT molecular complexity index is 88.5. The molecule has 0 aromatic carbocycles. The van der Waals surface area contributed by atoms with E-state index in [4.69, 9.17) is 5.26 Å². The van der Waals surface area contributed by atoms with Crippen LogP contribution < -0.4 is 0 Å². The molecule has 1 nitrogen and oxygen atoms in total. The molecule has 0 amide bonds. The van der Waals surface area contributed by atoms with Gasteiger partial charge in [-0.2, -0.15) is 5.26 Å². The first-order valence-electron chi connectivity index (χ1n) is 2.42. The van der Waals surface area contributed by atoms with Gasteiger partial charge < -0.3 is 0 Å². The van der Waals surface area contributed by atoms with Crippen LogP contribution in [0.3, 0.4) is 0 Å². The molecule has 0 spiro atoms. The number of nitrogens with zero attached hydrogens (tertiary/aromatic N) is 1. The molecule has 0 N–H and O–H groups in total. The van der Waals surface area contributed by atoms with Gasteiger partial charge in [0.05, 0.1) is 6.07 Å². The third-order valence-corrected chi connectivity index (χ3v) is 1.91. The van der Waals surface area contributed by atoms with E-state index in [9.17, 15) is 8.78 Å². The summed E-state index contributed by atoms with van der Waals surface area (Å²) in [5, 5.41) is 7.91. The Balaban J connectivity index is 2.85. The summed E-state index contributed by atoms with van der Waals surface area (Å²) in [7, 11) is -1.22. The molecular formula is C4H7F2NSi. The maximum atomic E-state index is 11.3. The average molecular weight is 135 g/mol. The molecule has 0 aliphatic heterocycles. The standard InChI is InChI=1S/C4H7F2NSi/c5-4(6)8-3-1-2-7/h4H,1,3,8H2. The van der Waals surface area contributed by atoms with Crippen molar-refractivity contribution in [2.24, 2.45) is 0 Å². The van der Waals surface area contributed by atoms with E-state index >= 15 is 0 Å². The molecule has 0 fully saturated rings. The van der Waals surface area contributed by atoms with Crippen molar-refractivity contribution >= 4 is 9.52 Å². The predicted octanol–water partition coefficient (Wildman–Crippen LogP) is 0.710. The smallest absolute Gasteiger partial charge is 0.214 e. The molecule has 0 bridgehead atoms. The van der Waals surface area contributed by atoms with Gasteiger partial charge in [0, 0.05) is 6.42 Å². The number of rotatable bonds is 3. The van der Waals surface area contributed by atoms with Gasteiger partial charge in [-0.25, -0.2) is 8.78 Å². The van der Waals surface area contributed by atoms with Gasteiger partial charge >= 0.3 is 0 Å². The lowest BCUT2D eigenvalue weighted by Crippen LogP contribution is -2.01. The van der Waals surface area contributed by atoms with Crippen molar-refractivity contribution in [2.75, 3.05) is 0 Å². The number of halogens is 2. The maximum Gasteiger partial charge on any atom is 0.214 e. The summed E-state index contributed by atoms with van der Waals surface area (Å²) < 4.78 is 22.6. The van der Waals surface area contributed by atoms with Crippen molar-refractivity contribution in [1.29, 1.82) is 5.26 Å². The van der Waals surface area contributed by atoms with Crippen LogP contribution in [0.2, 0.25) is 6.04 Å². The predicted molar refractivity (Wildman–Crippen MR) is 29.6 cm³/mol. The van der Waals surface area contributed by atoms with Crippen LogP contribution in [0.5, 0.6) is 0 Å². The Morgan fingerprint density at radius 1 is 1.62 bits per heavy atom. The van der Waals surface area contributed by atoms with Gasteiger partial charge in [-0.15, -0.1) is 0 Å². The maximum absolute atomic E-state index is 11.3. The first kappa shape index (κ1) is 7.57. The third kappa shape index (κ3) is 5.57. The van der Waals surface area contributed by atoms with Gasteiger partial charge in [0.15, 0.2) is 0 Å². The van der Waals surface area contributed by atoms with Gasteiger partial charge in [0.1, 0.15) is 9.52 Å². The lowest BCUT2D eigenvalue weighted by atomic mass is 10.6. The van der Waals surface area contributed by atoms with E-state index in [0.717, 1.165) is 0 Å². The Kier molecular flexibility index (Phi) is 4.46. The van der Waals surface area contributed by atoms with E-state index in [-0.39, 0.29) is 0 Å². The first-order chi connectivity index (χ1) is 3.77. The van der Waals surface area contributed by atoms with E-state index in [2.05, 4.69) is 0 Å².